The molecule has 1 saturated carbocycles. The highest BCUT2D eigenvalue weighted by Crippen LogP contribution is 2.33. The summed E-state index contributed by atoms with van der Waals surface area (Å²) in [5.41, 5.74) is 1.70. The van der Waals surface area contributed by atoms with Crippen molar-refractivity contribution in [2.75, 3.05) is 12.9 Å². The maximum absolute atomic E-state index is 14.4. The Bertz CT molecular complexity index is 1330. The molecule has 0 bridgehead atoms. The second-order valence-electron chi connectivity index (χ2n) is 8.09. The van der Waals surface area contributed by atoms with Crippen molar-refractivity contribution in [1.29, 1.82) is 0 Å². The molecule has 1 N–H and O–H groups in total. The third-order valence-corrected chi connectivity index (χ3v) is 5.94. The number of pyridine rings is 1. The largest absolute Gasteiger partial charge is 0.489 e. The van der Waals surface area contributed by atoms with Gasteiger partial charge in [-0.2, -0.15) is 0 Å². The van der Waals surface area contributed by atoms with Gasteiger partial charge in [0, 0.05) is 22.9 Å². The molecule has 1 amide bonds. The molecule has 10 heteroatoms. The number of nitrogens with zero attached hydrogens (tertiary/aromatic N) is 1. The van der Waals surface area contributed by atoms with Gasteiger partial charge in [-0.25, -0.2) is 22.5 Å². The highest BCUT2D eigenvalue weighted by molar-refractivity contribution is 7.89. The topological polar surface area (TPSA) is 94.6 Å². The van der Waals surface area contributed by atoms with Gasteiger partial charge in [0.1, 0.15) is 23.2 Å². The Balaban J connectivity index is 1.42. The first-order chi connectivity index (χ1) is 16.2. The Morgan fingerprint density at radius 3 is 2.62 bits per heavy atom. The van der Waals surface area contributed by atoms with Crippen LogP contribution in [0.1, 0.15) is 28.8 Å². The van der Waals surface area contributed by atoms with Crippen LogP contribution in [0.4, 0.5) is 4.39 Å². The monoisotopic (exact) mass is 504 g/mol. The normalized spacial score (nSPS) is 13.4. The van der Waals surface area contributed by atoms with Gasteiger partial charge < -0.3 is 9.47 Å². The van der Waals surface area contributed by atoms with Gasteiger partial charge in [-0.15, -0.1) is 0 Å². The average molecular weight is 505 g/mol. The Morgan fingerprint density at radius 2 is 1.94 bits per heavy atom. The Hall–Kier alpha value is -3.17. The predicted octanol–water partition coefficient (Wildman–Crippen LogP) is 4.60. The van der Waals surface area contributed by atoms with Crippen LogP contribution < -0.4 is 14.2 Å². The van der Waals surface area contributed by atoms with Crippen molar-refractivity contribution in [3.63, 3.8) is 0 Å². The molecule has 7 nitrogen and oxygen atoms in total. The van der Waals surface area contributed by atoms with Gasteiger partial charge in [0.25, 0.3) is 5.91 Å². The zero-order chi connectivity index (χ0) is 24.3. The van der Waals surface area contributed by atoms with Gasteiger partial charge in [0.05, 0.1) is 12.9 Å². The van der Waals surface area contributed by atoms with Gasteiger partial charge in [0.2, 0.25) is 15.9 Å². The summed E-state index contributed by atoms with van der Waals surface area (Å²) in [5, 5.41) is 0.423. The maximum Gasteiger partial charge on any atom is 0.264 e. The molecule has 0 atom stereocenters. The fraction of sp³-hybridized carbons (Fsp3) is 0.250. The highest BCUT2D eigenvalue weighted by Gasteiger charge is 2.22. The predicted molar refractivity (Wildman–Crippen MR) is 126 cm³/mol. The minimum absolute atomic E-state index is 0.0871. The van der Waals surface area contributed by atoms with Crippen LogP contribution in [0.25, 0.3) is 11.1 Å². The summed E-state index contributed by atoms with van der Waals surface area (Å²) < 4.78 is 50.0. The lowest BCUT2D eigenvalue weighted by molar-refractivity contribution is 0.0981. The van der Waals surface area contributed by atoms with Crippen LogP contribution in [0, 0.1) is 11.7 Å². The van der Waals surface area contributed by atoms with Crippen molar-refractivity contribution >= 4 is 27.5 Å². The molecular formula is C24H22ClFN2O5S. The number of hydrogen-bond acceptors (Lipinski definition) is 6. The van der Waals surface area contributed by atoms with Gasteiger partial charge in [-0.3, -0.25) is 4.79 Å². The first-order valence-electron chi connectivity index (χ1n) is 10.5. The molecule has 4 rings (SSSR count). The molecule has 0 radical (unpaired) electrons. The quantitative estimate of drug-likeness (QED) is 0.457. The number of sulfonamides is 1. The SMILES string of the molecule is CS(=O)(=O)NC(=O)c1ccc(COc2cccc(-c3cnc(OCC4CC4)c(Cl)c3)c2)c(F)c1. The first-order valence-corrected chi connectivity index (χ1v) is 12.8. The van der Waals surface area contributed by atoms with Crippen molar-refractivity contribution in [3.8, 4) is 22.8 Å². The van der Waals surface area contributed by atoms with Crippen molar-refractivity contribution in [3.05, 3.63) is 76.7 Å². The second kappa shape index (κ2) is 9.99. The fourth-order valence-corrected chi connectivity index (χ4v) is 3.81. The molecule has 1 aliphatic carbocycles. The smallest absolute Gasteiger partial charge is 0.264 e. The second-order valence-corrected chi connectivity index (χ2v) is 10.2. The molecule has 1 heterocycles. The average Bonchev–Trinajstić information content (AvgIpc) is 3.61. The van der Waals surface area contributed by atoms with Crippen LogP contribution >= 0.6 is 11.6 Å². The van der Waals surface area contributed by atoms with E-state index in [1.807, 2.05) is 6.07 Å². The number of ether oxygens (including phenoxy) is 2. The highest BCUT2D eigenvalue weighted by atomic mass is 35.5. The van der Waals surface area contributed by atoms with E-state index >= 15 is 0 Å². The van der Waals surface area contributed by atoms with Crippen LogP contribution in [0.2, 0.25) is 5.02 Å². The van der Waals surface area contributed by atoms with Gasteiger partial charge in [0.15, 0.2) is 0 Å². The van der Waals surface area contributed by atoms with Crippen LogP contribution in [-0.2, 0) is 16.6 Å². The standard InChI is InChI=1S/C24H22ClFN2O5S/c1-34(30,31)28-23(29)17-7-8-18(22(26)11-17)14-32-20-4-2-3-16(9-20)19-10-21(25)24(27-12-19)33-13-15-5-6-15/h2-4,7-12,15H,5-6,13-14H2,1H3,(H,28,29). The molecule has 178 valence electrons. The number of carbonyl (C=O) groups is 1. The van der Waals surface area contributed by atoms with E-state index < -0.39 is 21.7 Å². The summed E-state index contributed by atoms with van der Waals surface area (Å²) in [5.74, 6) is -0.0836. The molecule has 0 unspecified atom stereocenters. The zero-order valence-corrected chi connectivity index (χ0v) is 19.8. The van der Waals surface area contributed by atoms with E-state index in [0.717, 1.165) is 23.4 Å². The van der Waals surface area contributed by atoms with Crippen LogP contribution in [-0.4, -0.2) is 32.2 Å². The summed E-state index contributed by atoms with van der Waals surface area (Å²) in [6.07, 6.45) is 4.87. The van der Waals surface area contributed by atoms with E-state index in [1.54, 1.807) is 35.2 Å². The van der Waals surface area contributed by atoms with Crippen LogP contribution in [0.15, 0.2) is 54.7 Å². The molecule has 0 aliphatic heterocycles. The number of halogens is 2. The molecule has 0 spiro atoms. The first kappa shape index (κ1) is 24.0. The molecule has 34 heavy (non-hydrogen) atoms. The summed E-state index contributed by atoms with van der Waals surface area (Å²) >= 11 is 6.33. The van der Waals surface area contributed by atoms with E-state index in [1.165, 1.54) is 25.0 Å². The number of nitrogens with one attached hydrogen (secondary N) is 1. The molecule has 3 aromatic rings. The molecule has 0 saturated heterocycles. The van der Waals surface area contributed by atoms with Gasteiger partial charge in [-0.1, -0.05) is 29.8 Å². The van der Waals surface area contributed by atoms with E-state index in [2.05, 4.69) is 4.98 Å². The number of hydrogen-bond donors (Lipinski definition) is 1. The molecule has 1 fully saturated rings. The minimum atomic E-state index is -3.74. The van der Waals surface area contributed by atoms with E-state index in [0.29, 0.717) is 29.2 Å². The van der Waals surface area contributed by atoms with Gasteiger partial charge in [-0.05, 0) is 54.7 Å². The Morgan fingerprint density at radius 1 is 1.15 bits per heavy atom. The van der Waals surface area contributed by atoms with Gasteiger partial charge >= 0.3 is 0 Å². The lowest BCUT2D eigenvalue weighted by Crippen LogP contribution is -2.29. The minimum Gasteiger partial charge on any atom is -0.489 e. The summed E-state index contributed by atoms with van der Waals surface area (Å²) in [6, 6.07) is 12.6. The third-order valence-electron chi connectivity index (χ3n) is 5.12. The molecular weight excluding hydrogens is 483 g/mol. The number of rotatable bonds is 9. The van der Waals surface area contributed by atoms with E-state index in [4.69, 9.17) is 21.1 Å². The van der Waals surface area contributed by atoms with E-state index in [-0.39, 0.29) is 17.7 Å². The van der Waals surface area contributed by atoms with Crippen LogP contribution in [0.5, 0.6) is 11.6 Å². The fourth-order valence-electron chi connectivity index (χ4n) is 3.13. The molecule has 1 aromatic heterocycles. The summed E-state index contributed by atoms with van der Waals surface area (Å²) in [7, 11) is -3.74. The summed E-state index contributed by atoms with van der Waals surface area (Å²) in [4.78, 5) is 16.2. The molecule has 2 aromatic carbocycles. The Kier molecular flexibility index (Phi) is 7.04. The molecule has 1 aliphatic rings. The van der Waals surface area contributed by atoms with E-state index in [9.17, 15) is 17.6 Å². The lowest BCUT2D eigenvalue weighted by atomic mass is 10.1. The maximum atomic E-state index is 14.4. The van der Waals surface area contributed by atoms with Crippen molar-refractivity contribution in [2.45, 2.75) is 19.4 Å². The number of amides is 1. The number of benzene rings is 2. The zero-order valence-electron chi connectivity index (χ0n) is 18.3. The van der Waals surface area contributed by atoms with Crippen molar-refractivity contribution in [1.82, 2.24) is 9.71 Å². The van der Waals surface area contributed by atoms with Crippen molar-refractivity contribution in [2.24, 2.45) is 5.92 Å². The Labute approximate surface area is 201 Å². The third kappa shape index (κ3) is 6.45. The van der Waals surface area contributed by atoms with Crippen LogP contribution in [0.3, 0.4) is 0 Å². The van der Waals surface area contributed by atoms with Crippen molar-refractivity contribution < 1.29 is 27.1 Å². The summed E-state index contributed by atoms with van der Waals surface area (Å²) in [6.45, 7) is 0.533. The number of aromatic nitrogens is 1. The number of carbonyl (C=O) groups excluding carboxylic acids is 1. The lowest BCUT2D eigenvalue weighted by Gasteiger charge is -2.11.